The van der Waals surface area contributed by atoms with Gasteiger partial charge in [0.2, 0.25) is 11.8 Å². The number of carbonyl (C=O) groups is 1. The van der Waals surface area contributed by atoms with E-state index in [1.807, 2.05) is 0 Å². The molecule has 3 aromatic rings. The molecule has 3 rings (SSSR count). The van der Waals surface area contributed by atoms with Crippen LogP contribution in [0.25, 0.3) is 0 Å². The van der Waals surface area contributed by atoms with E-state index in [1.54, 1.807) is 23.3 Å². The number of nitrogens with one attached hydrogen (secondary N) is 2. The minimum atomic E-state index is -4.71. The van der Waals surface area contributed by atoms with Gasteiger partial charge in [-0.15, -0.1) is 5.10 Å². The molecule has 0 saturated carbocycles. The number of amides is 1. The van der Waals surface area contributed by atoms with Crippen molar-refractivity contribution in [3.05, 3.63) is 71.5 Å². The summed E-state index contributed by atoms with van der Waals surface area (Å²) in [5.41, 5.74) is 0.567. The zero-order valence-electron chi connectivity index (χ0n) is 14.1. The van der Waals surface area contributed by atoms with Crippen LogP contribution in [0.3, 0.4) is 0 Å². The van der Waals surface area contributed by atoms with Crippen LogP contribution in [0.4, 0.5) is 19.1 Å². The van der Waals surface area contributed by atoms with E-state index in [4.69, 9.17) is 0 Å². The molecule has 0 unspecified atom stereocenters. The summed E-state index contributed by atoms with van der Waals surface area (Å²) in [6.45, 7) is 0. The standard InChI is InChI=1S/C17H13F3N4O3S/c18-17(19,20)15-22-16(24-23-15)21-14(25)12-8-6-11(7-9-12)10-28(26,27)13-4-2-1-3-5-13/h1-9H,10H2,(H2,21,22,23,24,25). The Balaban J connectivity index is 1.68. The lowest BCUT2D eigenvalue weighted by molar-refractivity contribution is -0.144. The van der Waals surface area contributed by atoms with Crippen molar-refractivity contribution in [2.75, 3.05) is 5.32 Å². The van der Waals surface area contributed by atoms with Gasteiger partial charge in [-0.3, -0.25) is 15.2 Å². The summed E-state index contributed by atoms with van der Waals surface area (Å²) in [6.07, 6.45) is -4.71. The molecule has 2 N–H and O–H groups in total. The number of halogens is 3. The fourth-order valence-corrected chi connectivity index (χ4v) is 3.67. The maximum absolute atomic E-state index is 12.5. The first-order valence-electron chi connectivity index (χ1n) is 7.83. The molecule has 0 aliphatic carbocycles. The van der Waals surface area contributed by atoms with E-state index in [0.29, 0.717) is 5.56 Å². The number of H-pyrrole nitrogens is 1. The first-order valence-corrected chi connectivity index (χ1v) is 9.48. The van der Waals surface area contributed by atoms with Crippen LogP contribution in [-0.4, -0.2) is 29.5 Å². The SMILES string of the molecule is O=C(Nc1n[nH]c(C(F)(F)F)n1)c1ccc(CS(=O)(=O)c2ccccc2)cc1. The minimum absolute atomic E-state index is 0.110. The molecule has 28 heavy (non-hydrogen) atoms. The number of hydrogen-bond donors (Lipinski definition) is 2. The molecule has 0 aliphatic rings. The summed E-state index contributed by atoms with van der Waals surface area (Å²) in [4.78, 5) is 15.4. The molecular formula is C17H13F3N4O3S. The number of nitrogens with zero attached hydrogens (tertiary/aromatic N) is 2. The fourth-order valence-electron chi connectivity index (χ4n) is 2.30. The van der Waals surface area contributed by atoms with Gasteiger partial charge >= 0.3 is 6.18 Å². The van der Waals surface area contributed by atoms with E-state index in [-0.39, 0.29) is 16.2 Å². The average molecular weight is 410 g/mol. The zero-order chi connectivity index (χ0) is 20.4. The second-order valence-corrected chi connectivity index (χ2v) is 7.72. The maximum atomic E-state index is 12.5. The summed E-state index contributed by atoms with van der Waals surface area (Å²) < 4.78 is 62.1. The molecule has 0 saturated heterocycles. The molecule has 2 aromatic carbocycles. The summed E-state index contributed by atoms with van der Waals surface area (Å²) in [6, 6.07) is 13.6. The Morgan fingerprint density at radius 2 is 1.68 bits per heavy atom. The fraction of sp³-hybridized carbons (Fsp3) is 0.118. The average Bonchev–Trinajstić information content (AvgIpc) is 3.12. The van der Waals surface area contributed by atoms with Gasteiger partial charge in [-0.1, -0.05) is 30.3 Å². The van der Waals surface area contributed by atoms with E-state index in [9.17, 15) is 26.4 Å². The Morgan fingerprint density at radius 3 is 2.25 bits per heavy atom. The van der Waals surface area contributed by atoms with Gasteiger partial charge in [-0.05, 0) is 29.8 Å². The van der Waals surface area contributed by atoms with Crippen molar-refractivity contribution in [2.24, 2.45) is 0 Å². The molecular weight excluding hydrogens is 397 g/mol. The smallest absolute Gasteiger partial charge is 0.289 e. The number of benzene rings is 2. The summed E-state index contributed by atoms with van der Waals surface area (Å²) in [7, 11) is -3.54. The molecule has 0 aliphatic heterocycles. The van der Waals surface area contributed by atoms with Crippen LogP contribution in [0.15, 0.2) is 59.5 Å². The number of alkyl halides is 3. The maximum Gasteiger partial charge on any atom is 0.451 e. The quantitative estimate of drug-likeness (QED) is 0.673. The lowest BCUT2D eigenvalue weighted by atomic mass is 10.1. The Hall–Kier alpha value is -3.21. The molecule has 1 heterocycles. The predicted octanol–water partition coefficient (Wildman–Crippen LogP) is 3.05. The van der Waals surface area contributed by atoms with Crippen molar-refractivity contribution in [3.63, 3.8) is 0 Å². The van der Waals surface area contributed by atoms with Crippen molar-refractivity contribution < 1.29 is 26.4 Å². The number of aromatic nitrogens is 3. The van der Waals surface area contributed by atoms with Gasteiger partial charge in [-0.25, -0.2) is 8.42 Å². The second-order valence-electron chi connectivity index (χ2n) is 5.73. The lowest BCUT2D eigenvalue weighted by Crippen LogP contribution is -2.14. The Labute approximate surface area is 157 Å². The van der Waals surface area contributed by atoms with Crippen molar-refractivity contribution in [3.8, 4) is 0 Å². The van der Waals surface area contributed by atoms with E-state index in [2.05, 4.69) is 15.4 Å². The summed E-state index contributed by atoms with van der Waals surface area (Å²) >= 11 is 0. The predicted molar refractivity (Wildman–Crippen MR) is 93.1 cm³/mol. The van der Waals surface area contributed by atoms with Gasteiger partial charge in [0.05, 0.1) is 10.6 Å². The second kappa shape index (κ2) is 7.43. The van der Waals surface area contributed by atoms with Crippen molar-refractivity contribution >= 4 is 21.7 Å². The zero-order valence-corrected chi connectivity index (χ0v) is 14.9. The first kappa shape index (κ1) is 19.5. The molecule has 146 valence electrons. The normalized spacial score (nSPS) is 12.0. The molecule has 0 fully saturated rings. The Bertz CT molecular complexity index is 1080. The van der Waals surface area contributed by atoms with Crippen molar-refractivity contribution in [2.45, 2.75) is 16.8 Å². The van der Waals surface area contributed by atoms with Gasteiger partial charge in [0.25, 0.3) is 5.91 Å². The monoisotopic (exact) mass is 410 g/mol. The third-order valence-electron chi connectivity index (χ3n) is 3.65. The van der Waals surface area contributed by atoms with E-state index in [1.165, 1.54) is 36.4 Å². The van der Waals surface area contributed by atoms with Gasteiger partial charge in [0.1, 0.15) is 0 Å². The van der Waals surface area contributed by atoms with Gasteiger partial charge in [0.15, 0.2) is 9.84 Å². The number of rotatable bonds is 5. The molecule has 0 spiro atoms. The van der Waals surface area contributed by atoms with Crippen LogP contribution >= 0.6 is 0 Å². The number of carbonyl (C=O) groups excluding carboxylic acids is 1. The largest absolute Gasteiger partial charge is 0.451 e. The van der Waals surface area contributed by atoms with Crippen LogP contribution in [0.2, 0.25) is 0 Å². The van der Waals surface area contributed by atoms with Crippen LogP contribution in [-0.2, 0) is 21.8 Å². The molecule has 11 heteroatoms. The van der Waals surface area contributed by atoms with Gasteiger partial charge < -0.3 is 0 Å². The summed E-state index contributed by atoms with van der Waals surface area (Å²) in [5.74, 6) is -2.84. The topological polar surface area (TPSA) is 105 Å². The first-order chi connectivity index (χ1) is 13.1. The molecule has 0 radical (unpaired) electrons. The van der Waals surface area contributed by atoms with Crippen LogP contribution in [0.1, 0.15) is 21.7 Å². The highest BCUT2D eigenvalue weighted by Gasteiger charge is 2.35. The molecule has 1 amide bonds. The number of hydrogen-bond acceptors (Lipinski definition) is 5. The third kappa shape index (κ3) is 4.55. The highest BCUT2D eigenvalue weighted by molar-refractivity contribution is 7.90. The summed E-state index contributed by atoms with van der Waals surface area (Å²) in [5, 5.41) is 7.10. The number of sulfone groups is 1. The molecule has 0 atom stereocenters. The van der Waals surface area contributed by atoms with E-state index >= 15 is 0 Å². The van der Waals surface area contributed by atoms with Gasteiger partial charge in [-0.2, -0.15) is 18.2 Å². The van der Waals surface area contributed by atoms with E-state index < -0.39 is 33.7 Å². The van der Waals surface area contributed by atoms with Crippen LogP contribution < -0.4 is 5.32 Å². The molecule has 0 bridgehead atoms. The number of aromatic amines is 1. The van der Waals surface area contributed by atoms with E-state index in [0.717, 1.165) is 0 Å². The highest BCUT2D eigenvalue weighted by Crippen LogP contribution is 2.26. The minimum Gasteiger partial charge on any atom is -0.289 e. The number of anilines is 1. The molecule has 1 aromatic heterocycles. The molecule has 7 nitrogen and oxygen atoms in total. The van der Waals surface area contributed by atoms with Gasteiger partial charge in [0, 0.05) is 5.56 Å². The van der Waals surface area contributed by atoms with Crippen LogP contribution in [0.5, 0.6) is 0 Å². The Kier molecular flexibility index (Phi) is 5.18. The highest BCUT2D eigenvalue weighted by atomic mass is 32.2. The van der Waals surface area contributed by atoms with Crippen molar-refractivity contribution in [1.29, 1.82) is 0 Å². The third-order valence-corrected chi connectivity index (χ3v) is 5.36. The Morgan fingerprint density at radius 1 is 1.04 bits per heavy atom. The van der Waals surface area contributed by atoms with Crippen molar-refractivity contribution in [1.82, 2.24) is 15.2 Å². The lowest BCUT2D eigenvalue weighted by Gasteiger charge is -2.06. The van der Waals surface area contributed by atoms with Crippen LogP contribution in [0, 0.1) is 0 Å².